The summed E-state index contributed by atoms with van der Waals surface area (Å²) in [5.74, 6) is -1.37. The van der Waals surface area contributed by atoms with Crippen molar-refractivity contribution >= 4 is 11.9 Å². The molecule has 3 unspecified atom stereocenters. The van der Waals surface area contributed by atoms with E-state index in [9.17, 15) is 14.7 Å². The Morgan fingerprint density at radius 2 is 2.05 bits per heavy atom. The summed E-state index contributed by atoms with van der Waals surface area (Å²) in [5.41, 5.74) is -0.657. The number of aliphatic carboxylic acids is 1. The average Bonchev–Trinajstić information content (AvgIpc) is 2.35. The number of carboxylic acids is 1. The highest BCUT2D eigenvalue weighted by Crippen LogP contribution is 2.32. The van der Waals surface area contributed by atoms with E-state index in [0.29, 0.717) is 0 Å². The van der Waals surface area contributed by atoms with Crippen LogP contribution in [-0.2, 0) is 9.59 Å². The molecule has 6 nitrogen and oxygen atoms in total. The fraction of sp³-hybridized carbons (Fsp3) is 0.846. The van der Waals surface area contributed by atoms with Gasteiger partial charge in [-0.15, -0.1) is 0 Å². The van der Waals surface area contributed by atoms with Gasteiger partial charge in [0.1, 0.15) is 0 Å². The standard InChI is InChI=1S/C13H24N2O4/c1-8(16)10(11(17)18)15-12(19)13(2,3)9-5-4-6-14-7-9/h8-10,14,16H,4-7H2,1-3H3,(H,15,19)(H,17,18). The lowest BCUT2D eigenvalue weighted by Crippen LogP contribution is -2.54. The Bertz CT molecular complexity index is 336. The van der Waals surface area contributed by atoms with Crippen molar-refractivity contribution < 1.29 is 19.8 Å². The normalized spacial score (nSPS) is 23.5. The van der Waals surface area contributed by atoms with Gasteiger partial charge in [-0.1, -0.05) is 13.8 Å². The van der Waals surface area contributed by atoms with E-state index in [1.54, 1.807) is 0 Å². The number of hydrogen-bond donors (Lipinski definition) is 4. The van der Waals surface area contributed by atoms with E-state index in [2.05, 4.69) is 10.6 Å². The Morgan fingerprint density at radius 3 is 2.47 bits per heavy atom. The number of aliphatic hydroxyl groups excluding tert-OH is 1. The van der Waals surface area contributed by atoms with E-state index in [1.165, 1.54) is 6.92 Å². The van der Waals surface area contributed by atoms with Crippen molar-refractivity contribution in [1.82, 2.24) is 10.6 Å². The molecular weight excluding hydrogens is 248 g/mol. The molecule has 1 rings (SSSR count). The third-order valence-electron chi connectivity index (χ3n) is 3.94. The highest BCUT2D eigenvalue weighted by Gasteiger charge is 2.39. The van der Waals surface area contributed by atoms with Crippen LogP contribution in [0.25, 0.3) is 0 Å². The molecule has 6 heteroatoms. The molecule has 0 aromatic heterocycles. The first-order chi connectivity index (χ1) is 8.76. The molecule has 4 N–H and O–H groups in total. The molecule has 1 aliphatic rings. The fourth-order valence-electron chi connectivity index (χ4n) is 2.37. The van der Waals surface area contributed by atoms with Crippen molar-refractivity contribution in [3.05, 3.63) is 0 Å². The van der Waals surface area contributed by atoms with Crippen LogP contribution in [0.4, 0.5) is 0 Å². The van der Waals surface area contributed by atoms with Crippen LogP contribution in [0.1, 0.15) is 33.6 Å². The maximum atomic E-state index is 12.3. The molecule has 1 amide bonds. The minimum absolute atomic E-state index is 0.171. The van der Waals surface area contributed by atoms with Crippen LogP contribution < -0.4 is 10.6 Å². The maximum Gasteiger partial charge on any atom is 0.328 e. The Morgan fingerprint density at radius 1 is 1.42 bits per heavy atom. The van der Waals surface area contributed by atoms with Crippen molar-refractivity contribution in [3.63, 3.8) is 0 Å². The molecule has 0 saturated carbocycles. The molecule has 0 aliphatic carbocycles. The topological polar surface area (TPSA) is 98.7 Å². The molecule has 0 aromatic rings. The predicted molar refractivity (Wildman–Crippen MR) is 70.6 cm³/mol. The van der Waals surface area contributed by atoms with E-state index in [1.807, 2.05) is 13.8 Å². The van der Waals surface area contributed by atoms with Crippen molar-refractivity contribution in [2.45, 2.75) is 45.8 Å². The number of aliphatic hydroxyl groups is 1. The van der Waals surface area contributed by atoms with Gasteiger partial charge in [-0.3, -0.25) is 4.79 Å². The monoisotopic (exact) mass is 272 g/mol. The molecule has 1 heterocycles. The molecule has 0 bridgehead atoms. The summed E-state index contributed by atoms with van der Waals surface area (Å²) in [4.78, 5) is 23.3. The third kappa shape index (κ3) is 3.91. The summed E-state index contributed by atoms with van der Waals surface area (Å²) in [6, 6.07) is -1.26. The second kappa shape index (κ2) is 6.34. The molecule has 1 fully saturated rings. The molecule has 19 heavy (non-hydrogen) atoms. The maximum absolute atomic E-state index is 12.3. The first-order valence-corrected chi connectivity index (χ1v) is 6.69. The van der Waals surface area contributed by atoms with Gasteiger partial charge >= 0.3 is 5.97 Å². The van der Waals surface area contributed by atoms with Gasteiger partial charge in [-0.05, 0) is 38.8 Å². The van der Waals surface area contributed by atoms with Gasteiger partial charge in [0, 0.05) is 5.41 Å². The summed E-state index contributed by atoms with van der Waals surface area (Å²) in [6.45, 7) is 6.71. The molecule has 0 radical (unpaired) electrons. The van der Waals surface area contributed by atoms with Crippen LogP contribution in [0, 0.1) is 11.3 Å². The van der Waals surface area contributed by atoms with Gasteiger partial charge in [0.25, 0.3) is 0 Å². The number of piperidine rings is 1. The number of carbonyl (C=O) groups is 2. The van der Waals surface area contributed by atoms with Crippen molar-refractivity contribution in [1.29, 1.82) is 0 Å². The van der Waals surface area contributed by atoms with Gasteiger partial charge in [0.15, 0.2) is 6.04 Å². The lowest BCUT2D eigenvalue weighted by Gasteiger charge is -2.36. The molecule has 0 spiro atoms. The molecule has 1 saturated heterocycles. The van der Waals surface area contributed by atoms with E-state index < -0.39 is 23.5 Å². The van der Waals surface area contributed by atoms with E-state index in [0.717, 1.165) is 25.9 Å². The first-order valence-electron chi connectivity index (χ1n) is 6.69. The lowest BCUT2D eigenvalue weighted by molar-refractivity contribution is -0.147. The van der Waals surface area contributed by atoms with E-state index in [-0.39, 0.29) is 11.8 Å². The fourth-order valence-corrected chi connectivity index (χ4v) is 2.37. The molecular formula is C13H24N2O4. The summed E-state index contributed by atoms with van der Waals surface area (Å²) in [7, 11) is 0. The number of carbonyl (C=O) groups excluding carboxylic acids is 1. The number of amides is 1. The smallest absolute Gasteiger partial charge is 0.328 e. The minimum Gasteiger partial charge on any atom is -0.480 e. The van der Waals surface area contributed by atoms with Crippen LogP contribution in [0.3, 0.4) is 0 Å². The van der Waals surface area contributed by atoms with E-state index >= 15 is 0 Å². The zero-order valence-electron chi connectivity index (χ0n) is 11.8. The van der Waals surface area contributed by atoms with Crippen LogP contribution in [0.5, 0.6) is 0 Å². The number of rotatable bonds is 5. The van der Waals surface area contributed by atoms with Crippen LogP contribution in [0.15, 0.2) is 0 Å². The highest BCUT2D eigenvalue weighted by molar-refractivity contribution is 5.87. The highest BCUT2D eigenvalue weighted by atomic mass is 16.4. The summed E-state index contributed by atoms with van der Waals surface area (Å²) in [5, 5.41) is 24.1. The average molecular weight is 272 g/mol. The number of nitrogens with one attached hydrogen (secondary N) is 2. The molecule has 1 aliphatic heterocycles. The largest absolute Gasteiger partial charge is 0.480 e. The Hall–Kier alpha value is -1.14. The zero-order chi connectivity index (χ0) is 14.6. The van der Waals surface area contributed by atoms with Gasteiger partial charge < -0.3 is 20.8 Å². The second-order valence-corrected chi connectivity index (χ2v) is 5.79. The second-order valence-electron chi connectivity index (χ2n) is 5.79. The Kier molecular flexibility index (Phi) is 5.31. The van der Waals surface area contributed by atoms with E-state index in [4.69, 9.17) is 5.11 Å². The van der Waals surface area contributed by atoms with Crippen LogP contribution in [0.2, 0.25) is 0 Å². The summed E-state index contributed by atoms with van der Waals surface area (Å²) < 4.78 is 0. The zero-order valence-corrected chi connectivity index (χ0v) is 11.8. The molecule has 0 aromatic carbocycles. The SMILES string of the molecule is CC(O)C(NC(=O)C(C)(C)C1CCCNC1)C(=O)O. The lowest BCUT2D eigenvalue weighted by atomic mass is 9.74. The predicted octanol–water partition coefficient (Wildman–Crippen LogP) is -0.0376. The van der Waals surface area contributed by atoms with Crippen LogP contribution in [-0.4, -0.2) is 47.3 Å². The Balaban J connectivity index is 2.71. The van der Waals surface area contributed by atoms with Gasteiger partial charge in [0.2, 0.25) is 5.91 Å². The number of hydrogen-bond acceptors (Lipinski definition) is 4. The summed E-state index contributed by atoms with van der Waals surface area (Å²) >= 11 is 0. The van der Waals surface area contributed by atoms with Crippen molar-refractivity contribution in [2.75, 3.05) is 13.1 Å². The van der Waals surface area contributed by atoms with Crippen molar-refractivity contribution in [2.24, 2.45) is 11.3 Å². The van der Waals surface area contributed by atoms with Gasteiger partial charge in [-0.25, -0.2) is 4.79 Å². The minimum atomic E-state index is -1.26. The third-order valence-corrected chi connectivity index (χ3v) is 3.94. The van der Waals surface area contributed by atoms with Gasteiger partial charge in [-0.2, -0.15) is 0 Å². The molecule has 110 valence electrons. The first kappa shape index (κ1) is 15.9. The van der Waals surface area contributed by atoms with Gasteiger partial charge in [0.05, 0.1) is 6.10 Å². The Labute approximate surface area is 113 Å². The molecule has 3 atom stereocenters. The van der Waals surface area contributed by atoms with Crippen molar-refractivity contribution in [3.8, 4) is 0 Å². The van der Waals surface area contributed by atoms with Crippen LogP contribution >= 0.6 is 0 Å². The number of carboxylic acid groups (broad SMARTS) is 1. The quantitative estimate of drug-likeness (QED) is 0.563. The summed E-state index contributed by atoms with van der Waals surface area (Å²) in [6.07, 6.45) is 0.835.